The summed E-state index contributed by atoms with van der Waals surface area (Å²) >= 11 is 0. The van der Waals surface area contributed by atoms with E-state index in [1.54, 1.807) is 18.5 Å². The standard InChI is InChI=1S/C11H12N2O2/c14-11(15)10(13-8-4-7-12-13)9-5-2-1-3-6-9/h1-8,10-11,14-15H. The van der Waals surface area contributed by atoms with E-state index in [-0.39, 0.29) is 0 Å². The summed E-state index contributed by atoms with van der Waals surface area (Å²) in [5.41, 5.74) is 0.816. The zero-order valence-electron chi connectivity index (χ0n) is 8.06. The second kappa shape index (κ2) is 4.25. The molecule has 0 aliphatic rings. The highest BCUT2D eigenvalue weighted by Crippen LogP contribution is 2.19. The Labute approximate surface area is 87.4 Å². The molecule has 15 heavy (non-hydrogen) atoms. The molecule has 1 aromatic heterocycles. The highest BCUT2D eigenvalue weighted by molar-refractivity contribution is 5.20. The molecule has 2 rings (SSSR count). The highest BCUT2D eigenvalue weighted by atomic mass is 16.5. The van der Waals surface area contributed by atoms with E-state index in [4.69, 9.17) is 0 Å². The maximum atomic E-state index is 9.33. The summed E-state index contributed by atoms with van der Waals surface area (Å²) in [6.45, 7) is 0. The molecule has 4 heteroatoms. The summed E-state index contributed by atoms with van der Waals surface area (Å²) < 4.78 is 1.53. The summed E-state index contributed by atoms with van der Waals surface area (Å²) in [7, 11) is 0. The molecule has 0 aliphatic carbocycles. The minimum absolute atomic E-state index is 0.554. The van der Waals surface area contributed by atoms with E-state index >= 15 is 0 Å². The maximum Gasteiger partial charge on any atom is 0.178 e. The molecule has 78 valence electrons. The number of aliphatic hydroxyl groups excluding tert-OH is 1. The number of benzene rings is 1. The van der Waals surface area contributed by atoms with E-state index < -0.39 is 12.3 Å². The van der Waals surface area contributed by atoms with Gasteiger partial charge >= 0.3 is 0 Å². The fraction of sp³-hybridized carbons (Fsp3) is 0.182. The molecule has 0 saturated carbocycles. The third-order valence-electron chi connectivity index (χ3n) is 2.23. The molecule has 4 nitrogen and oxygen atoms in total. The lowest BCUT2D eigenvalue weighted by atomic mass is 10.1. The van der Waals surface area contributed by atoms with Gasteiger partial charge in [-0.05, 0) is 11.6 Å². The van der Waals surface area contributed by atoms with E-state index in [1.807, 2.05) is 30.3 Å². The van der Waals surface area contributed by atoms with E-state index in [0.717, 1.165) is 5.56 Å². The lowest BCUT2D eigenvalue weighted by Crippen LogP contribution is -2.25. The quantitative estimate of drug-likeness (QED) is 0.726. The highest BCUT2D eigenvalue weighted by Gasteiger charge is 2.20. The molecule has 0 radical (unpaired) electrons. The number of nitrogens with zero attached hydrogens (tertiary/aromatic N) is 2. The molecule has 1 unspecified atom stereocenters. The van der Waals surface area contributed by atoms with Crippen molar-refractivity contribution in [2.75, 3.05) is 0 Å². The van der Waals surface area contributed by atoms with Crippen LogP contribution < -0.4 is 0 Å². The van der Waals surface area contributed by atoms with Crippen molar-refractivity contribution >= 4 is 0 Å². The van der Waals surface area contributed by atoms with Crippen LogP contribution in [0.2, 0.25) is 0 Å². The zero-order chi connectivity index (χ0) is 10.7. The Morgan fingerprint density at radius 3 is 2.33 bits per heavy atom. The molecule has 1 atom stereocenters. The number of aromatic nitrogens is 2. The van der Waals surface area contributed by atoms with Crippen molar-refractivity contribution in [3.8, 4) is 0 Å². The largest absolute Gasteiger partial charge is 0.366 e. The van der Waals surface area contributed by atoms with Crippen molar-refractivity contribution < 1.29 is 10.2 Å². The fourth-order valence-corrected chi connectivity index (χ4v) is 1.56. The number of aliphatic hydroxyl groups is 2. The Morgan fingerprint density at radius 2 is 1.80 bits per heavy atom. The van der Waals surface area contributed by atoms with E-state index in [9.17, 15) is 10.2 Å². The first-order valence-corrected chi connectivity index (χ1v) is 4.69. The van der Waals surface area contributed by atoms with Gasteiger partial charge in [0.05, 0.1) is 0 Å². The van der Waals surface area contributed by atoms with E-state index in [0.29, 0.717) is 0 Å². The second-order valence-electron chi connectivity index (χ2n) is 3.26. The van der Waals surface area contributed by atoms with Gasteiger partial charge in [-0.25, -0.2) is 0 Å². The van der Waals surface area contributed by atoms with Crippen LogP contribution in [-0.4, -0.2) is 26.3 Å². The first kappa shape index (κ1) is 9.89. The molecule has 0 spiro atoms. The van der Waals surface area contributed by atoms with Crippen molar-refractivity contribution in [1.82, 2.24) is 9.78 Å². The SMILES string of the molecule is OC(O)C(c1ccccc1)n1cccn1. The molecule has 2 aromatic rings. The average molecular weight is 204 g/mol. The molecule has 0 amide bonds. The van der Waals surface area contributed by atoms with Gasteiger partial charge in [0.2, 0.25) is 0 Å². The van der Waals surface area contributed by atoms with Crippen molar-refractivity contribution in [2.24, 2.45) is 0 Å². The summed E-state index contributed by atoms with van der Waals surface area (Å²) in [6, 6.07) is 10.5. The van der Waals surface area contributed by atoms with Gasteiger partial charge in [0.25, 0.3) is 0 Å². The van der Waals surface area contributed by atoms with Crippen LogP contribution in [0.25, 0.3) is 0 Å². The van der Waals surface area contributed by atoms with Crippen LogP contribution in [0, 0.1) is 0 Å². The summed E-state index contributed by atoms with van der Waals surface area (Å²) in [5, 5.41) is 22.7. The Hall–Kier alpha value is -1.65. The summed E-state index contributed by atoms with van der Waals surface area (Å²) in [6.07, 6.45) is 1.85. The average Bonchev–Trinajstić information content (AvgIpc) is 2.72. The number of rotatable bonds is 3. The second-order valence-corrected chi connectivity index (χ2v) is 3.26. The predicted octanol–water partition coefficient (Wildman–Crippen LogP) is 0.783. The van der Waals surface area contributed by atoms with Gasteiger partial charge in [-0.3, -0.25) is 4.68 Å². The Morgan fingerprint density at radius 1 is 1.07 bits per heavy atom. The number of hydrogen-bond donors (Lipinski definition) is 2. The third-order valence-corrected chi connectivity index (χ3v) is 2.23. The van der Waals surface area contributed by atoms with Crippen LogP contribution in [0.15, 0.2) is 48.8 Å². The van der Waals surface area contributed by atoms with Gasteiger partial charge in [-0.1, -0.05) is 30.3 Å². The molecule has 2 N–H and O–H groups in total. The van der Waals surface area contributed by atoms with Gasteiger partial charge in [-0.15, -0.1) is 0 Å². The van der Waals surface area contributed by atoms with Crippen molar-refractivity contribution in [1.29, 1.82) is 0 Å². The van der Waals surface area contributed by atoms with Crippen molar-refractivity contribution in [3.05, 3.63) is 54.4 Å². The van der Waals surface area contributed by atoms with E-state index in [1.165, 1.54) is 4.68 Å². The molecular formula is C11H12N2O2. The lowest BCUT2D eigenvalue weighted by Gasteiger charge is -2.19. The van der Waals surface area contributed by atoms with Crippen LogP contribution in [0.1, 0.15) is 11.6 Å². The van der Waals surface area contributed by atoms with Gasteiger partial charge in [-0.2, -0.15) is 5.10 Å². The van der Waals surface area contributed by atoms with Gasteiger partial charge in [0, 0.05) is 12.4 Å². The molecule has 0 bridgehead atoms. The van der Waals surface area contributed by atoms with Gasteiger partial charge < -0.3 is 10.2 Å². The fourth-order valence-electron chi connectivity index (χ4n) is 1.56. The molecule has 1 aromatic carbocycles. The molecule has 1 heterocycles. The van der Waals surface area contributed by atoms with Gasteiger partial charge in [0.1, 0.15) is 6.04 Å². The van der Waals surface area contributed by atoms with Gasteiger partial charge in [0.15, 0.2) is 6.29 Å². The zero-order valence-corrected chi connectivity index (χ0v) is 8.06. The van der Waals surface area contributed by atoms with Crippen molar-refractivity contribution in [2.45, 2.75) is 12.3 Å². The minimum atomic E-state index is -1.47. The van der Waals surface area contributed by atoms with Crippen molar-refractivity contribution in [3.63, 3.8) is 0 Å². The third kappa shape index (κ3) is 2.06. The smallest absolute Gasteiger partial charge is 0.178 e. The normalized spacial score (nSPS) is 13.0. The summed E-state index contributed by atoms with van der Waals surface area (Å²) in [4.78, 5) is 0. The summed E-state index contributed by atoms with van der Waals surface area (Å²) in [5.74, 6) is 0. The molecule has 0 aliphatic heterocycles. The van der Waals surface area contributed by atoms with Crippen LogP contribution in [0.5, 0.6) is 0 Å². The van der Waals surface area contributed by atoms with Crippen LogP contribution >= 0.6 is 0 Å². The molecule has 0 saturated heterocycles. The Bertz CT molecular complexity index is 398. The molecule has 0 fully saturated rings. The lowest BCUT2D eigenvalue weighted by molar-refractivity contribution is -0.0696. The first-order valence-electron chi connectivity index (χ1n) is 4.69. The van der Waals surface area contributed by atoms with Crippen LogP contribution in [0.4, 0.5) is 0 Å². The Kier molecular flexibility index (Phi) is 2.80. The number of hydrogen-bond acceptors (Lipinski definition) is 3. The Balaban J connectivity index is 2.37. The molecular weight excluding hydrogens is 192 g/mol. The van der Waals surface area contributed by atoms with Crippen LogP contribution in [0.3, 0.4) is 0 Å². The van der Waals surface area contributed by atoms with Crippen LogP contribution in [-0.2, 0) is 0 Å². The maximum absolute atomic E-state index is 9.33. The predicted molar refractivity (Wildman–Crippen MR) is 55.0 cm³/mol. The monoisotopic (exact) mass is 204 g/mol. The first-order chi connectivity index (χ1) is 7.29. The topological polar surface area (TPSA) is 58.3 Å². The minimum Gasteiger partial charge on any atom is -0.366 e. The van der Waals surface area contributed by atoms with E-state index in [2.05, 4.69) is 5.10 Å².